The average Bonchev–Trinajstić information content (AvgIpc) is 2.27. The van der Waals surface area contributed by atoms with Gasteiger partial charge in [0.15, 0.2) is 0 Å². The largest absolute Gasteiger partial charge is 0.368 e. The third kappa shape index (κ3) is 2.92. The molecular weight excluding hydrogens is 355 g/mol. The molecule has 0 atom stereocenters. The maximum Gasteiger partial charge on any atom is 0.222 e. The molecule has 0 aliphatic heterocycles. The van der Waals surface area contributed by atoms with E-state index in [-0.39, 0.29) is 11.8 Å². The lowest BCUT2D eigenvalue weighted by Crippen LogP contribution is -2.01. The summed E-state index contributed by atoms with van der Waals surface area (Å²) in [4.78, 5) is 7.76. The number of halogens is 3. The van der Waals surface area contributed by atoms with E-state index in [1.54, 1.807) is 12.1 Å². The predicted octanol–water partition coefficient (Wildman–Crippen LogP) is 3.47. The quantitative estimate of drug-likeness (QED) is 0.859. The van der Waals surface area contributed by atoms with Crippen LogP contribution in [0.1, 0.15) is 0 Å². The highest BCUT2D eigenvalue weighted by atomic mass is 79.9. The number of aromatic nitrogens is 2. The number of benzene rings is 1. The Balaban J connectivity index is 2.34. The minimum atomic E-state index is -0.386. The number of rotatable bonds is 2. The first kappa shape index (κ1) is 12.3. The maximum absolute atomic E-state index is 13.6. The normalized spacial score (nSPS) is 10.3. The van der Waals surface area contributed by atoms with Crippen molar-refractivity contribution >= 4 is 49.3 Å². The number of hydrogen-bond acceptors (Lipinski definition) is 4. The smallest absolute Gasteiger partial charge is 0.222 e. The molecule has 2 aromatic rings. The van der Waals surface area contributed by atoms with Crippen molar-refractivity contribution in [1.82, 2.24) is 9.97 Å². The number of anilines is 3. The van der Waals surface area contributed by atoms with Crippen LogP contribution in [-0.2, 0) is 0 Å². The summed E-state index contributed by atoms with van der Waals surface area (Å²) in [6.07, 6.45) is 1.50. The van der Waals surface area contributed by atoms with Gasteiger partial charge in [0.05, 0.1) is 10.2 Å². The van der Waals surface area contributed by atoms with E-state index in [0.29, 0.717) is 20.5 Å². The van der Waals surface area contributed by atoms with E-state index < -0.39 is 0 Å². The van der Waals surface area contributed by atoms with Crippen molar-refractivity contribution in [3.8, 4) is 0 Å². The van der Waals surface area contributed by atoms with Crippen LogP contribution in [0.25, 0.3) is 0 Å². The lowest BCUT2D eigenvalue weighted by Gasteiger charge is -2.08. The molecule has 0 aliphatic carbocycles. The third-order valence-corrected chi connectivity index (χ3v) is 3.02. The minimum Gasteiger partial charge on any atom is -0.368 e. The van der Waals surface area contributed by atoms with Gasteiger partial charge >= 0.3 is 0 Å². The van der Waals surface area contributed by atoms with Crippen LogP contribution in [0.2, 0.25) is 0 Å². The zero-order valence-electron chi connectivity index (χ0n) is 8.42. The molecule has 4 nitrogen and oxygen atoms in total. The number of nitrogens with two attached hydrogens (primary N) is 1. The van der Waals surface area contributed by atoms with E-state index in [1.165, 1.54) is 12.3 Å². The number of nitrogens with one attached hydrogen (secondary N) is 1. The first-order valence-corrected chi connectivity index (χ1v) is 6.15. The molecule has 7 heteroatoms. The highest BCUT2D eigenvalue weighted by molar-refractivity contribution is 9.10. The lowest BCUT2D eigenvalue weighted by atomic mass is 10.3. The average molecular weight is 362 g/mol. The highest BCUT2D eigenvalue weighted by Crippen LogP contribution is 2.26. The Bertz CT molecular complexity index is 562. The molecule has 0 saturated heterocycles. The van der Waals surface area contributed by atoms with Crippen molar-refractivity contribution in [2.24, 2.45) is 0 Å². The van der Waals surface area contributed by atoms with Crippen LogP contribution in [0.3, 0.4) is 0 Å². The summed E-state index contributed by atoms with van der Waals surface area (Å²) in [5.41, 5.74) is 5.77. The maximum atomic E-state index is 13.6. The molecule has 1 heterocycles. The zero-order chi connectivity index (χ0) is 12.4. The molecule has 3 N–H and O–H groups in total. The molecule has 1 aromatic carbocycles. The van der Waals surface area contributed by atoms with Crippen LogP contribution in [-0.4, -0.2) is 9.97 Å². The summed E-state index contributed by atoms with van der Waals surface area (Å²) in [5.74, 6) is 0.149. The molecule has 1 aromatic heterocycles. The van der Waals surface area contributed by atoms with Crippen LogP contribution in [0.4, 0.5) is 21.8 Å². The second-order valence-corrected chi connectivity index (χ2v) is 4.94. The molecule has 17 heavy (non-hydrogen) atoms. The van der Waals surface area contributed by atoms with E-state index in [4.69, 9.17) is 5.73 Å². The number of nitrogens with zero attached hydrogens (tertiary/aromatic N) is 2. The Hall–Kier alpha value is -1.21. The Morgan fingerprint density at radius 2 is 2.06 bits per heavy atom. The van der Waals surface area contributed by atoms with E-state index in [1.807, 2.05) is 0 Å². The molecule has 0 fully saturated rings. The van der Waals surface area contributed by atoms with E-state index in [2.05, 4.69) is 47.1 Å². The van der Waals surface area contributed by atoms with Crippen molar-refractivity contribution < 1.29 is 4.39 Å². The van der Waals surface area contributed by atoms with E-state index in [9.17, 15) is 4.39 Å². The number of nitrogen functional groups attached to an aromatic ring is 1. The first-order valence-electron chi connectivity index (χ1n) is 4.56. The topological polar surface area (TPSA) is 63.8 Å². The van der Waals surface area contributed by atoms with Crippen molar-refractivity contribution in [2.75, 3.05) is 11.1 Å². The van der Waals surface area contributed by atoms with Gasteiger partial charge in [0, 0.05) is 10.7 Å². The summed E-state index contributed by atoms with van der Waals surface area (Å²) in [6, 6.07) is 4.69. The molecule has 0 bridgehead atoms. The van der Waals surface area contributed by atoms with Gasteiger partial charge in [0.2, 0.25) is 5.95 Å². The van der Waals surface area contributed by atoms with Gasteiger partial charge in [-0.15, -0.1) is 0 Å². The molecule has 2 rings (SSSR count). The second kappa shape index (κ2) is 4.97. The summed E-state index contributed by atoms with van der Waals surface area (Å²) < 4.78 is 14.9. The Labute approximate surface area is 114 Å². The van der Waals surface area contributed by atoms with Crippen molar-refractivity contribution in [2.45, 2.75) is 0 Å². The van der Waals surface area contributed by atoms with Crippen LogP contribution in [0.15, 0.2) is 33.3 Å². The van der Waals surface area contributed by atoms with Gasteiger partial charge in [0.25, 0.3) is 0 Å². The van der Waals surface area contributed by atoms with Crippen molar-refractivity contribution in [3.63, 3.8) is 0 Å². The molecule has 0 saturated carbocycles. The zero-order valence-corrected chi connectivity index (χ0v) is 11.6. The van der Waals surface area contributed by atoms with Crippen molar-refractivity contribution in [1.29, 1.82) is 0 Å². The van der Waals surface area contributed by atoms with Crippen LogP contribution >= 0.6 is 31.9 Å². The monoisotopic (exact) mass is 360 g/mol. The highest BCUT2D eigenvalue weighted by Gasteiger charge is 2.07. The van der Waals surface area contributed by atoms with Crippen LogP contribution in [0.5, 0.6) is 0 Å². The number of hydrogen-bond donors (Lipinski definition) is 2. The molecule has 0 radical (unpaired) electrons. The Kier molecular flexibility index (Phi) is 3.58. The van der Waals surface area contributed by atoms with Gasteiger partial charge in [-0.05, 0) is 34.1 Å². The lowest BCUT2D eigenvalue weighted by molar-refractivity contribution is 0.631. The molecular formula is C10H7Br2FN4. The van der Waals surface area contributed by atoms with Gasteiger partial charge < -0.3 is 11.1 Å². The predicted molar refractivity (Wildman–Crippen MR) is 71.5 cm³/mol. The van der Waals surface area contributed by atoms with Gasteiger partial charge in [-0.2, -0.15) is 4.98 Å². The molecule has 0 spiro atoms. The Morgan fingerprint density at radius 3 is 2.76 bits per heavy atom. The standard InChI is InChI=1S/C10H7Br2FN4/c11-5-1-2-8(7(13)3-5)16-9-6(12)4-15-10(14)17-9/h1-4H,(H3,14,15,16,17). The Morgan fingerprint density at radius 1 is 1.29 bits per heavy atom. The van der Waals surface area contributed by atoms with Crippen LogP contribution in [0, 0.1) is 5.82 Å². The summed E-state index contributed by atoms with van der Waals surface area (Å²) >= 11 is 6.44. The summed E-state index contributed by atoms with van der Waals surface area (Å²) in [6.45, 7) is 0. The van der Waals surface area contributed by atoms with Gasteiger partial charge in [0.1, 0.15) is 11.6 Å². The molecule has 0 amide bonds. The fraction of sp³-hybridized carbons (Fsp3) is 0. The van der Waals surface area contributed by atoms with Gasteiger partial charge in [-0.1, -0.05) is 15.9 Å². The third-order valence-electron chi connectivity index (χ3n) is 1.95. The SMILES string of the molecule is Nc1ncc(Br)c(Nc2ccc(Br)cc2F)n1. The second-order valence-electron chi connectivity index (χ2n) is 3.17. The summed E-state index contributed by atoms with van der Waals surface area (Å²) in [5, 5.41) is 2.83. The molecule has 0 unspecified atom stereocenters. The fourth-order valence-electron chi connectivity index (χ4n) is 1.19. The van der Waals surface area contributed by atoms with E-state index in [0.717, 1.165) is 0 Å². The van der Waals surface area contributed by atoms with Gasteiger partial charge in [-0.3, -0.25) is 0 Å². The summed E-state index contributed by atoms with van der Waals surface area (Å²) in [7, 11) is 0. The van der Waals surface area contributed by atoms with Crippen molar-refractivity contribution in [3.05, 3.63) is 39.2 Å². The molecule has 88 valence electrons. The van der Waals surface area contributed by atoms with Crippen LogP contribution < -0.4 is 11.1 Å². The molecule has 0 aliphatic rings. The minimum absolute atomic E-state index is 0.119. The first-order chi connectivity index (χ1) is 8.06. The van der Waals surface area contributed by atoms with Gasteiger partial charge in [-0.25, -0.2) is 9.37 Å². The fourth-order valence-corrected chi connectivity index (χ4v) is 1.81. The van der Waals surface area contributed by atoms with E-state index >= 15 is 0 Å².